The van der Waals surface area contributed by atoms with Gasteiger partial charge < -0.3 is 0 Å². The van der Waals surface area contributed by atoms with Crippen molar-refractivity contribution in [3.63, 3.8) is 0 Å². The number of alkyl halides is 2. The van der Waals surface area contributed by atoms with Crippen LogP contribution in [0.25, 0.3) is 0 Å². The van der Waals surface area contributed by atoms with Crippen LogP contribution in [0.5, 0.6) is 0 Å². The van der Waals surface area contributed by atoms with Crippen molar-refractivity contribution >= 4 is 34.9 Å². The molecule has 0 aromatic rings. The number of amides is 1. The zero-order valence-corrected chi connectivity index (χ0v) is 7.61. The molecule has 0 atom stereocenters. The molecule has 11 heavy (non-hydrogen) atoms. The molecule has 0 aromatic carbocycles. The minimum Gasteiger partial charge on any atom is -0.294 e. The Hall–Kier alpha value is -0.320. The quantitative estimate of drug-likeness (QED) is 0.230. The minimum absolute atomic E-state index is 0.471. The summed E-state index contributed by atoms with van der Waals surface area (Å²) in [5.74, 6) is 3.92. The van der Waals surface area contributed by atoms with E-state index in [2.05, 4.69) is 0 Å². The Morgan fingerprint density at radius 3 is 1.82 bits per heavy atom. The standard InChI is InChI=1S/C5H8Cl2N2O2/c1-3(10)5(6,7)9(8)4(2)11/h8H2,1-2H3. The summed E-state index contributed by atoms with van der Waals surface area (Å²) in [6.45, 7) is 2.30. The van der Waals surface area contributed by atoms with E-state index in [0.717, 1.165) is 13.8 Å². The van der Waals surface area contributed by atoms with E-state index in [1.54, 1.807) is 0 Å². The first-order valence-electron chi connectivity index (χ1n) is 2.74. The summed E-state index contributed by atoms with van der Waals surface area (Å²) in [6, 6.07) is 0. The molecule has 4 nitrogen and oxygen atoms in total. The summed E-state index contributed by atoms with van der Waals surface area (Å²) in [6.07, 6.45) is 0. The second-order valence-electron chi connectivity index (χ2n) is 1.99. The molecule has 0 unspecified atom stereocenters. The molecule has 64 valence electrons. The number of hydrazine groups is 1. The van der Waals surface area contributed by atoms with Crippen LogP contribution in [0.3, 0.4) is 0 Å². The smallest absolute Gasteiger partial charge is 0.264 e. The molecule has 0 spiro atoms. The van der Waals surface area contributed by atoms with Gasteiger partial charge in [0.2, 0.25) is 5.91 Å². The van der Waals surface area contributed by atoms with Gasteiger partial charge in [-0.25, -0.2) is 10.9 Å². The average Bonchev–Trinajstić information content (AvgIpc) is 1.85. The molecule has 0 aliphatic carbocycles. The van der Waals surface area contributed by atoms with E-state index >= 15 is 0 Å². The van der Waals surface area contributed by atoms with Crippen LogP contribution in [-0.2, 0) is 9.59 Å². The lowest BCUT2D eigenvalue weighted by atomic mass is 10.4. The highest BCUT2D eigenvalue weighted by Gasteiger charge is 2.37. The summed E-state index contributed by atoms with van der Waals surface area (Å²) < 4.78 is -1.95. The summed E-state index contributed by atoms with van der Waals surface area (Å²) in [5, 5.41) is 0.471. The number of hydrogen-bond donors (Lipinski definition) is 1. The number of nitrogens with two attached hydrogens (primary N) is 1. The van der Waals surface area contributed by atoms with Crippen LogP contribution in [-0.4, -0.2) is 21.2 Å². The lowest BCUT2D eigenvalue weighted by Crippen LogP contribution is -2.52. The largest absolute Gasteiger partial charge is 0.294 e. The van der Waals surface area contributed by atoms with Crippen molar-refractivity contribution in [2.24, 2.45) is 5.84 Å². The summed E-state index contributed by atoms with van der Waals surface area (Å²) in [7, 11) is 0. The highest BCUT2D eigenvalue weighted by atomic mass is 35.5. The van der Waals surface area contributed by atoms with Crippen LogP contribution >= 0.6 is 23.2 Å². The monoisotopic (exact) mass is 198 g/mol. The minimum atomic E-state index is -1.95. The summed E-state index contributed by atoms with van der Waals surface area (Å²) >= 11 is 10.8. The van der Waals surface area contributed by atoms with Gasteiger partial charge in [0.1, 0.15) is 0 Å². The van der Waals surface area contributed by atoms with Crippen molar-refractivity contribution < 1.29 is 9.59 Å². The third-order valence-electron chi connectivity index (χ3n) is 1.07. The number of rotatable bonds is 2. The lowest BCUT2D eigenvalue weighted by Gasteiger charge is -2.26. The average molecular weight is 199 g/mol. The molecule has 6 heteroatoms. The van der Waals surface area contributed by atoms with Crippen LogP contribution in [0, 0.1) is 0 Å². The fourth-order valence-electron chi connectivity index (χ4n) is 0.367. The van der Waals surface area contributed by atoms with Gasteiger partial charge in [-0.15, -0.1) is 0 Å². The SMILES string of the molecule is CC(=O)N(N)C(Cl)(Cl)C(C)=O. The maximum Gasteiger partial charge on any atom is 0.264 e. The van der Waals surface area contributed by atoms with E-state index in [0.29, 0.717) is 5.01 Å². The van der Waals surface area contributed by atoms with E-state index in [9.17, 15) is 9.59 Å². The van der Waals surface area contributed by atoms with Crippen molar-refractivity contribution in [3.8, 4) is 0 Å². The fourth-order valence-corrected chi connectivity index (χ4v) is 0.605. The molecule has 0 aromatic heterocycles. The molecule has 0 saturated carbocycles. The maximum atomic E-state index is 10.7. The summed E-state index contributed by atoms with van der Waals surface area (Å²) in [5.41, 5.74) is 0. The van der Waals surface area contributed by atoms with Gasteiger partial charge in [-0.1, -0.05) is 23.2 Å². The van der Waals surface area contributed by atoms with E-state index < -0.39 is 16.1 Å². The van der Waals surface area contributed by atoms with Crippen LogP contribution in [0.15, 0.2) is 0 Å². The number of carbonyl (C=O) groups excluding carboxylic acids is 2. The number of nitrogens with zero attached hydrogens (tertiary/aromatic N) is 1. The second kappa shape index (κ2) is 3.38. The van der Waals surface area contributed by atoms with Crippen molar-refractivity contribution in [3.05, 3.63) is 0 Å². The van der Waals surface area contributed by atoms with Crippen LogP contribution in [0.1, 0.15) is 13.8 Å². The number of hydrogen-bond acceptors (Lipinski definition) is 3. The molecule has 0 rings (SSSR count). The van der Waals surface area contributed by atoms with Gasteiger partial charge in [-0.05, 0) is 6.92 Å². The molecule has 0 aliphatic heterocycles. The Balaban J connectivity index is 4.55. The number of carbonyl (C=O) groups is 2. The normalized spacial score (nSPS) is 11.0. The third kappa shape index (κ3) is 2.32. The molecular formula is C5H8Cl2N2O2. The second-order valence-corrected chi connectivity index (χ2v) is 3.27. The molecule has 2 N–H and O–H groups in total. The predicted octanol–water partition coefficient (Wildman–Crippen LogP) is 0.429. The Morgan fingerprint density at radius 1 is 1.36 bits per heavy atom. The molecule has 1 amide bonds. The van der Waals surface area contributed by atoms with E-state index in [-0.39, 0.29) is 0 Å². The van der Waals surface area contributed by atoms with Gasteiger partial charge in [0.15, 0.2) is 5.78 Å². The highest BCUT2D eigenvalue weighted by Crippen LogP contribution is 2.24. The Labute approximate surface area is 74.2 Å². The first kappa shape index (κ1) is 10.7. The maximum absolute atomic E-state index is 10.7. The first-order valence-corrected chi connectivity index (χ1v) is 3.50. The molecule has 0 heterocycles. The van der Waals surface area contributed by atoms with Gasteiger partial charge in [-0.3, -0.25) is 9.59 Å². The Kier molecular flexibility index (Phi) is 3.29. The molecule has 0 saturated heterocycles. The van der Waals surface area contributed by atoms with E-state index in [1.165, 1.54) is 0 Å². The molecule has 0 radical (unpaired) electrons. The lowest BCUT2D eigenvalue weighted by molar-refractivity contribution is -0.136. The Morgan fingerprint density at radius 2 is 1.73 bits per heavy atom. The van der Waals surface area contributed by atoms with Crippen LogP contribution < -0.4 is 5.84 Å². The fraction of sp³-hybridized carbons (Fsp3) is 0.600. The van der Waals surface area contributed by atoms with Gasteiger partial charge in [0.25, 0.3) is 4.46 Å². The summed E-state index contributed by atoms with van der Waals surface area (Å²) in [4.78, 5) is 21.2. The van der Waals surface area contributed by atoms with Gasteiger partial charge in [0.05, 0.1) is 0 Å². The number of halogens is 2. The molecule has 0 bridgehead atoms. The zero-order chi connectivity index (χ0) is 9.23. The third-order valence-corrected chi connectivity index (χ3v) is 1.96. The van der Waals surface area contributed by atoms with Gasteiger partial charge >= 0.3 is 0 Å². The van der Waals surface area contributed by atoms with Crippen LogP contribution in [0.4, 0.5) is 0 Å². The van der Waals surface area contributed by atoms with E-state index in [1.807, 2.05) is 0 Å². The molecule has 0 aliphatic rings. The number of ketones is 1. The highest BCUT2D eigenvalue weighted by molar-refractivity contribution is 6.58. The van der Waals surface area contributed by atoms with Crippen molar-refractivity contribution in [1.29, 1.82) is 0 Å². The first-order chi connectivity index (χ1) is 4.80. The van der Waals surface area contributed by atoms with Crippen LogP contribution in [0.2, 0.25) is 0 Å². The van der Waals surface area contributed by atoms with Crippen molar-refractivity contribution in [2.45, 2.75) is 18.3 Å². The van der Waals surface area contributed by atoms with Gasteiger partial charge in [0, 0.05) is 6.92 Å². The molecular weight excluding hydrogens is 191 g/mol. The number of Topliss-reactive ketones (excluding diaryl/α,β-unsaturated/α-hetero) is 1. The zero-order valence-electron chi connectivity index (χ0n) is 6.10. The van der Waals surface area contributed by atoms with Crippen molar-refractivity contribution in [1.82, 2.24) is 5.01 Å². The Bertz CT molecular complexity index is 193. The van der Waals surface area contributed by atoms with Gasteiger partial charge in [-0.2, -0.15) is 0 Å². The van der Waals surface area contributed by atoms with Crippen molar-refractivity contribution in [2.75, 3.05) is 0 Å². The predicted molar refractivity (Wildman–Crippen MR) is 41.8 cm³/mol. The topological polar surface area (TPSA) is 63.4 Å². The van der Waals surface area contributed by atoms with E-state index in [4.69, 9.17) is 29.0 Å². The molecule has 0 fully saturated rings.